The highest BCUT2D eigenvalue weighted by molar-refractivity contribution is 5.93. The molecular weight excluding hydrogens is 340 g/mol. The summed E-state index contributed by atoms with van der Waals surface area (Å²) in [6.45, 7) is 7.21. The van der Waals surface area contributed by atoms with Gasteiger partial charge in [0.2, 0.25) is 5.91 Å². The summed E-state index contributed by atoms with van der Waals surface area (Å²) >= 11 is 0. The Balaban J connectivity index is 1.69. The minimum Gasteiger partial charge on any atom is -0.380 e. The lowest BCUT2D eigenvalue weighted by Gasteiger charge is -2.24. The van der Waals surface area contributed by atoms with E-state index in [0.29, 0.717) is 19.1 Å². The van der Waals surface area contributed by atoms with Crippen LogP contribution in [0.3, 0.4) is 0 Å². The number of nitrogens with zero attached hydrogens (tertiary/aromatic N) is 1. The molecule has 1 aromatic rings. The van der Waals surface area contributed by atoms with E-state index >= 15 is 0 Å². The molecular formula is C21H34N4O2. The van der Waals surface area contributed by atoms with Crippen molar-refractivity contribution in [3.63, 3.8) is 0 Å². The summed E-state index contributed by atoms with van der Waals surface area (Å²) in [5, 5.41) is 9.56. The fraction of sp³-hybridized carbons (Fsp3) is 0.619. The number of carbonyl (C=O) groups excluding carboxylic acids is 1. The number of anilines is 1. The van der Waals surface area contributed by atoms with Gasteiger partial charge >= 0.3 is 0 Å². The van der Waals surface area contributed by atoms with Crippen LogP contribution in [-0.4, -0.2) is 38.7 Å². The average molecular weight is 375 g/mol. The molecule has 0 aromatic heterocycles. The van der Waals surface area contributed by atoms with Crippen LogP contribution in [0.1, 0.15) is 45.1 Å². The summed E-state index contributed by atoms with van der Waals surface area (Å²) in [5.74, 6) is 1.74. The van der Waals surface area contributed by atoms with E-state index in [1.54, 1.807) is 7.05 Å². The van der Waals surface area contributed by atoms with Gasteiger partial charge in [-0.15, -0.1) is 0 Å². The monoisotopic (exact) mass is 374 g/mol. The van der Waals surface area contributed by atoms with Crippen LogP contribution < -0.4 is 16.0 Å². The first-order chi connectivity index (χ1) is 13.1. The fourth-order valence-corrected chi connectivity index (χ4v) is 2.74. The van der Waals surface area contributed by atoms with Gasteiger partial charge in [0.1, 0.15) is 0 Å². The van der Waals surface area contributed by atoms with Crippen LogP contribution >= 0.6 is 0 Å². The highest BCUT2D eigenvalue weighted by atomic mass is 16.5. The largest absolute Gasteiger partial charge is 0.380 e. The number of benzene rings is 1. The van der Waals surface area contributed by atoms with Crippen LogP contribution in [0.5, 0.6) is 0 Å². The molecule has 0 heterocycles. The molecule has 1 saturated carbocycles. The van der Waals surface area contributed by atoms with Gasteiger partial charge in [-0.1, -0.05) is 32.4 Å². The molecule has 1 aliphatic carbocycles. The van der Waals surface area contributed by atoms with Crippen LogP contribution in [0, 0.1) is 11.8 Å². The standard InChI is InChI=1S/C21H34N4O2/c1-16(2)10-12-27-13-11-23-21(22-3)24-15-17-6-4-9-19(14-17)25-20(26)18-7-5-8-18/h4,6,9,14,16,18H,5,7-8,10-13,15H2,1-3H3,(H,25,26)(H2,22,23,24). The van der Waals surface area contributed by atoms with Gasteiger partial charge in [-0.2, -0.15) is 0 Å². The molecule has 0 atom stereocenters. The van der Waals surface area contributed by atoms with Crippen molar-refractivity contribution < 1.29 is 9.53 Å². The molecule has 0 saturated heterocycles. The van der Waals surface area contributed by atoms with E-state index in [-0.39, 0.29) is 11.8 Å². The van der Waals surface area contributed by atoms with Crippen molar-refractivity contribution in [1.82, 2.24) is 10.6 Å². The second-order valence-electron chi connectivity index (χ2n) is 7.46. The molecule has 0 spiro atoms. The number of aliphatic imine (C=N–C) groups is 1. The Labute approximate surface area is 163 Å². The number of amides is 1. The van der Waals surface area contributed by atoms with Crippen LogP contribution in [0.15, 0.2) is 29.3 Å². The Bertz CT molecular complexity index is 612. The van der Waals surface area contributed by atoms with Gasteiger partial charge in [-0.05, 0) is 42.9 Å². The number of hydrogen-bond acceptors (Lipinski definition) is 3. The molecule has 1 fully saturated rings. The Kier molecular flexibility index (Phi) is 9.11. The molecule has 2 rings (SSSR count). The van der Waals surface area contributed by atoms with Crippen molar-refractivity contribution in [2.24, 2.45) is 16.8 Å². The van der Waals surface area contributed by atoms with Gasteiger partial charge in [-0.25, -0.2) is 0 Å². The molecule has 1 aromatic carbocycles. The van der Waals surface area contributed by atoms with Crippen molar-refractivity contribution in [3.8, 4) is 0 Å². The predicted octanol–water partition coefficient (Wildman–Crippen LogP) is 3.15. The lowest BCUT2D eigenvalue weighted by molar-refractivity contribution is -0.122. The zero-order chi connectivity index (χ0) is 19.5. The Morgan fingerprint density at radius 1 is 1.26 bits per heavy atom. The van der Waals surface area contributed by atoms with E-state index in [2.05, 4.69) is 34.8 Å². The first-order valence-corrected chi connectivity index (χ1v) is 10.0. The van der Waals surface area contributed by atoms with Crippen molar-refractivity contribution in [1.29, 1.82) is 0 Å². The lowest BCUT2D eigenvalue weighted by Crippen LogP contribution is -2.38. The molecule has 0 radical (unpaired) electrons. The van der Waals surface area contributed by atoms with Crippen molar-refractivity contribution in [3.05, 3.63) is 29.8 Å². The van der Waals surface area contributed by atoms with Crippen molar-refractivity contribution in [2.75, 3.05) is 32.1 Å². The first kappa shape index (κ1) is 21.2. The van der Waals surface area contributed by atoms with Crippen molar-refractivity contribution >= 4 is 17.6 Å². The summed E-state index contributed by atoms with van der Waals surface area (Å²) in [7, 11) is 1.75. The Morgan fingerprint density at radius 3 is 2.74 bits per heavy atom. The van der Waals surface area contributed by atoms with E-state index in [1.807, 2.05) is 24.3 Å². The average Bonchev–Trinajstić information content (AvgIpc) is 2.59. The van der Waals surface area contributed by atoms with Crippen LogP contribution in [0.4, 0.5) is 5.69 Å². The maximum absolute atomic E-state index is 12.1. The third-order valence-corrected chi connectivity index (χ3v) is 4.73. The summed E-state index contributed by atoms with van der Waals surface area (Å²) in [5.41, 5.74) is 1.95. The third-order valence-electron chi connectivity index (χ3n) is 4.73. The molecule has 27 heavy (non-hydrogen) atoms. The van der Waals surface area contributed by atoms with Gasteiger partial charge < -0.3 is 20.7 Å². The third kappa shape index (κ3) is 7.99. The van der Waals surface area contributed by atoms with Gasteiger partial charge in [0, 0.05) is 38.3 Å². The number of nitrogens with one attached hydrogen (secondary N) is 3. The number of rotatable bonds is 10. The van der Waals surface area contributed by atoms with Gasteiger partial charge in [0.25, 0.3) is 0 Å². The molecule has 6 heteroatoms. The second kappa shape index (κ2) is 11.6. The van der Waals surface area contributed by atoms with Gasteiger partial charge in [-0.3, -0.25) is 9.79 Å². The minimum absolute atomic E-state index is 0.140. The molecule has 1 aliphatic rings. The van der Waals surface area contributed by atoms with E-state index in [1.165, 1.54) is 0 Å². The van der Waals surface area contributed by atoms with Gasteiger partial charge in [0.15, 0.2) is 5.96 Å². The predicted molar refractivity (Wildman–Crippen MR) is 111 cm³/mol. The minimum atomic E-state index is 0.140. The molecule has 1 amide bonds. The maximum Gasteiger partial charge on any atom is 0.227 e. The van der Waals surface area contributed by atoms with E-state index < -0.39 is 0 Å². The molecule has 3 N–H and O–H groups in total. The topological polar surface area (TPSA) is 74.8 Å². The molecule has 0 unspecified atom stereocenters. The number of carbonyl (C=O) groups is 1. The summed E-state index contributed by atoms with van der Waals surface area (Å²) in [6, 6.07) is 7.94. The molecule has 0 bridgehead atoms. The number of guanidine groups is 1. The van der Waals surface area contributed by atoms with E-state index in [9.17, 15) is 4.79 Å². The fourth-order valence-electron chi connectivity index (χ4n) is 2.74. The quantitative estimate of drug-likeness (QED) is 0.334. The zero-order valence-electron chi connectivity index (χ0n) is 16.9. The normalized spacial score (nSPS) is 14.7. The number of hydrogen-bond donors (Lipinski definition) is 3. The van der Waals surface area contributed by atoms with Crippen LogP contribution in [0.2, 0.25) is 0 Å². The maximum atomic E-state index is 12.1. The van der Waals surface area contributed by atoms with Crippen molar-refractivity contribution in [2.45, 2.75) is 46.1 Å². The van der Waals surface area contributed by atoms with Gasteiger partial charge in [0.05, 0.1) is 6.61 Å². The summed E-state index contributed by atoms with van der Waals surface area (Å²) in [6.07, 6.45) is 4.27. The van der Waals surface area contributed by atoms with Crippen LogP contribution in [0.25, 0.3) is 0 Å². The Morgan fingerprint density at radius 2 is 2.07 bits per heavy atom. The highest BCUT2D eigenvalue weighted by Gasteiger charge is 2.25. The van der Waals surface area contributed by atoms with E-state index in [0.717, 1.165) is 56.0 Å². The molecule has 0 aliphatic heterocycles. The smallest absolute Gasteiger partial charge is 0.227 e. The first-order valence-electron chi connectivity index (χ1n) is 10.0. The van der Waals surface area contributed by atoms with E-state index in [4.69, 9.17) is 4.74 Å². The lowest BCUT2D eigenvalue weighted by atomic mass is 9.85. The summed E-state index contributed by atoms with van der Waals surface area (Å²) in [4.78, 5) is 16.3. The second-order valence-corrected chi connectivity index (χ2v) is 7.46. The summed E-state index contributed by atoms with van der Waals surface area (Å²) < 4.78 is 5.60. The van der Waals surface area contributed by atoms with Crippen LogP contribution in [-0.2, 0) is 16.1 Å². The highest BCUT2D eigenvalue weighted by Crippen LogP contribution is 2.27. The molecule has 6 nitrogen and oxygen atoms in total. The zero-order valence-corrected chi connectivity index (χ0v) is 16.9. The Hall–Kier alpha value is -2.08. The SMILES string of the molecule is CN=C(NCCOCCC(C)C)NCc1cccc(NC(=O)C2CCC2)c1. The number of ether oxygens (including phenoxy) is 1. The molecule has 150 valence electrons.